The van der Waals surface area contributed by atoms with Gasteiger partial charge in [-0.15, -0.1) is 0 Å². The second-order valence-electron chi connectivity index (χ2n) is 3.95. The van der Waals surface area contributed by atoms with Crippen LogP contribution in [0.5, 0.6) is 0 Å². The Morgan fingerprint density at radius 1 is 1.47 bits per heavy atom. The van der Waals surface area contributed by atoms with Gasteiger partial charge < -0.3 is 14.7 Å². The topological polar surface area (TPSA) is 49.8 Å². The second kappa shape index (κ2) is 6.25. The Balaban J connectivity index is 2.73. The molecule has 17 heavy (non-hydrogen) atoms. The molecule has 4 nitrogen and oxygen atoms in total. The molecule has 0 fully saturated rings. The lowest BCUT2D eigenvalue weighted by molar-refractivity contribution is -0.149. The monoisotopic (exact) mass is 237 g/mol. The summed E-state index contributed by atoms with van der Waals surface area (Å²) in [7, 11) is 1.87. The zero-order valence-corrected chi connectivity index (χ0v) is 10.5. The lowest BCUT2D eigenvalue weighted by Crippen LogP contribution is -2.37. The number of nitrogens with zero attached hydrogens (tertiary/aromatic N) is 1. The first-order valence-corrected chi connectivity index (χ1v) is 5.67. The van der Waals surface area contributed by atoms with Gasteiger partial charge in [-0.2, -0.15) is 0 Å². The molecule has 94 valence electrons. The molecule has 0 heterocycles. The first kappa shape index (κ1) is 13.5. The van der Waals surface area contributed by atoms with E-state index in [0.717, 1.165) is 11.3 Å². The van der Waals surface area contributed by atoms with Crippen molar-refractivity contribution < 1.29 is 14.6 Å². The minimum absolute atomic E-state index is 0.341. The number of benzene rings is 1. The summed E-state index contributed by atoms with van der Waals surface area (Å²) in [4.78, 5) is 12.9. The molecule has 1 N–H and O–H groups in total. The van der Waals surface area contributed by atoms with Crippen molar-refractivity contribution in [1.29, 1.82) is 0 Å². The Morgan fingerprint density at radius 2 is 2.12 bits per heavy atom. The Hall–Kier alpha value is -1.55. The molecule has 0 spiro atoms. The Labute approximate surface area is 102 Å². The summed E-state index contributed by atoms with van der Waals surface area (Å²) >= 11 is 0. The zero-order valence-electron chi connectivity index (χ0n) is 10.5. The highest BCUT2D eigenvalue weighted by Crippen LogP contribution is 2.18. The minimum Gasteiger partial charge on any atom is -0.479 e. The molecule has 1 rings (SSSR count). The number of likely N-dealkylation sites (N-methyl/N-ethyl adjacent to an activating group) is 1. The maximum absolute atomic E-state index is 11.0. The lowest BCUT2D eigenvalue weighted by atomic mass is 10.2. The second-order valence-corrected chi connectivity index (χ2v) is 3.95. The van der Waals surface area contributed by atoms with E-state index in [-0.39, 0.29) is 0 Å². The van der Waals surface area contributed by atoms with Gasteiger partial charge in [0.25, 0.3) is 0 Å². The average molecular weight is 237 g/mol. The number of hydrogen-bond acceptors (Lipinski definition) is 3. The fourth-order valence-corrected chi connectivity index (χ4v) is 1.74. The highest BCUT2D eigenvalue weighted by molar-refractivity contribution is 5.73. The van der Waals surface area contributed by atoms with Crippen LogP contribution in [0.15, 0.2) is 24.3 Å². The van der Waals surface area contributed by atoms with Gasteiger partial charge in [-0.05, 0) is 25.5 Å². The highest BCUT2D eigenvalue weighted by Gasteiger charge is 2.20. The van der Waals surface area contributed by atoms with Crippen molar-refractivity contribution in [2.24, 2.45) is 0 Å². The molecule has 0 aliphatic heterocycles. The van der Waals surface area contributed by atoms with Crippen LogP contribution < -0.4 is 4.90 Å². The lowest BCUT2D eigenvalue weighted by Gasteiger charge is -2.24. The quantitative estimate of drug-likeness (QED) is 0.821. The molecule has 0 bridgehead atoms. The van der Waals surface area contributed by atoms with Crippen molar-refractivity contribution in [1.82, 2.24) is 0 Å². The number of hydrogen-bond donors (Lipinski definition) is 1. The van der Waals surface area contributed by atoms with Crippen molar-refractivity contribution in [3.05, 3.63) is 29.8 Å². The minimum atomic E-state index is -0.924. The Bertz CT molecular complexity index is 379. The number of aliphatic carboxylic acids is 1. The van der Waals surface area contributed by atoms with Gasteiger partial charge in [0, 0.05) is 19.3 Å². The molecule has 0 saturated carbocycles. The van der Waals surface area contributed by atoms with Crippen molar-refractivity contribution in [2.45, 2.75) is 20.0 Å². The van der Waals surface area contributed by atoms with Gasteiger partial charge in [0.05, 0.1) is 6.54 Å². The molecule has 0 aromatic heterocycles. The van der Waals surface area contributed by atoms with Gasteiger partial charge >= 0.3 is 5.97 Å². The van der Waals surface area contributed by atoms with Gasteiger partial charge in [0.15, 0.2) is 6.10 Å². The molecule has 1 aromatic rings. The van der Waals surface area contributed by atoms with Crippen molar-refractivity contribution in [3.63, 3.8) is 0 Å². The van der Waals surface area contributed by atoms with Crippen LogP contribution in [0.25, 0.3) is 0 Å². The standard InChI is InChI=1S/C13H19NO3/c1-4-17-12(13(15)16)9-14(3)11-8-6-5-7-10(11)2/h5-8,12H,4,9H2,1-3H3,(H,15,16). The summed E-state index contributed by atoms with van der Waals surface area (Å²) in [6.45, 7) is 4.54. The summed E-state index contributed by atoms with van der Waals surface area (Å²) in [5.74, 6) is -0.924. The first-order chi connectivity index (χ1) is 8.06. The molecule has 1 aromatic carbocycles. The molecular formula is C13H19NO3. The van der Waals surface area contributed by atoms with Gasteiger partial charge in [-0.3, -0.25) is 0 Å². The molecule has 0 aliphatic carbocycles. The predicted octanol–water partition coefficient (Wildman–Crippen LogP) is 1.92. The molecular weight excluding hydrogens is 218 g/mol. The molecule has 1 atom stereocenters. The largest absolute Gasteiger partial charge is 0.479 e. The van der Waals surface area contributed by atoms with E-state index >= 15 is 0 Å². The number of carboxylic acid groups (broad SMARTS) is 1. The molecule has 1 unspecified atom stereocenters. The van der Waals surface area contributed by atoms with Crippen molar-refractivity contribution in [3.8, 4) is 0 Å². The maximum Gasteiger partial charge on any atom is 0.334 e. The molecule has 0 radical (unpaired) electrons. The summed E-state index contributed by atoms with van der Waals surface area (Å²) in [5.41, 5.74) is 2.15. The van der Waals surface area contributed by atoms with Crippen LogP contribution in [0, 0.1) is 6.92 Å². The smallest absolute Gasteiger partial charge is 0.334 e. The third-order valence-electron chi connectivity index (χ3n) is 2.61. The molecule has 0 saturated heterocycles. The maximum atomic E-state index is 11.0. The number of carboxylic acids is 1. The summed E-state index contributed by atoms with van der Waals surface area (Å²) in [5, 5.41) is 9.02. The number of anilines is 1. The van der Waals surface area contributed by atoms with Crippen LogP contribution >= 0.6 is 0 Å². The number of ether oxygens (including phenoxy) is 1. The van der Waals surface area contributed by atoms with Crippen molar-refractivity contribution >= 4 is 11.7 Å². The van der Waals surface area contributed by atoms with E-state index in [1.165, 1.54) is 0 Å². The average Bonchev–Trinajstić information content (AvgIpc) is 2.28. The third kappa shape index (κ3) is 3.75. The SMILES string of the molecule is CCOC(CN(C)c1ccccc1C)C(=O)O. The van der Waals surface area contributed by atoms with Crippen LogP contribution in [0.2, 0.25) is 0 Å². The van der Waals surface area contributed by atoms with E-state index in [9.17, 15) is 4.79 Å². The number of carbonyl (C=O) groups is 1. The van der Waals surface area contributed by atoms with Crippen LogP contribution in [0.3, 0.4) is 0 Å². The fraction of sp³-hybridized carbons (Fsp3) is 0.462. The number of aryl methyl sites for hydroxylation is 1. The Morgan fingerprint density at radius 3 is 2.65 bits per heavy atom. The van der Waals surface area contributed by atoms with Gasteiger partial charge in [0.2, 0.25) is 0 Å². The molecule has 0 amide bonds. The Kier molecular flexibility index (Phi) is 4.97. The van der Waals surface area contributed by atoms with Crippen LogP contribution in [0.4, 0.5) is 5.69 Å². The van der Waals surface area contributed by atoms with E-state index in [0.29, 0.717) is 13.2 Å². The molecule has 4 heteroatoms. The first-order valence-electron chi connectivity index (χ1n) is 5.67. The van der Waals surface area contributed by atoms with Crippen LogP contribution in [-0.2, 0) is 9.53 Å². The van der Waals surface area contributed by atoms with Gasteiger partial charge in [-0.25, -0.2) is 4.79 Å². The van der Waals surface area contributed by atoms with E-state index in [1.54, 1.807) is 6.92 Å². The van der Waals surface area contributed by atoms with E-state index in [1.807, 2.05) is 43.1 Å². The highest BCUT2D eigenvalue weighted by atomic mass is 16.5. The zero-order chi connectivity index (χ0) is 12.8. The number of para-hydroxylation sites is 1. The van der Waals surface area contributed by atoms with Gasteiger partial charge in [0.1, 0.15) is 0 Å². The molecule has 0 aliphatic rings. The van der Waals surface area contributed by atoms with Crippen LogP contribution in [0.1, 0.15) is 12.5 Å². The fourth-order valence-electron chi connectivity index (χ4n) is 1.74. The third-order valence-corrected chi connectivity index (χ3v) is 2.61. The summed E-state index contributed by atoms with van der Waals surface area (Å²) < 4.78 is 5.19. The van der Waals surface area contributed by atoms with Crippen LogP contribution in [-0.4, -0.2) is 37.4 Å². The number of rotatable bonds is 6. The van der Waals surface area contributed by atoms with E-state index in [2.05, 4.69) is 0 Å². The van der Waals surface area contributed by atoms with E-state index in [4.69, 9.17) is 9.84 Å². The predicted molar refractivity (Wildman–Crippen MR) is 67.5 cm³/mol. The summed E-state index contributed by atoms with van der Waals surface area (Å²) in [6, 6.07) is 7.88. The van der Waals surface area contributed by atoms with Crippen molar-refractivity contribution in [2.75, 3.05) is 25.1 Å². The van der Waals surface area contributed by atoms with Gasteiger partial charge in [-0.1, -0.05) is 18.2 Å². The normalized spacial score (nSPS) is 12.2. The summed E-state index contributed by atoms with van der Waals surface area (Å²) in [6.07, 6.45) is -0.787. The van der Waals surface area contributed by atoms with E-state index < -0.39 is 12.1 Å².